The van der Waals surface area contributed by atoms with Crippen LogP contribution >= 0.6 is 0 Å². The third kappa shape index (κ3) is 5.99. The molecule has 10 heteroatoms. The minimum absolute atomic E-state index is 0.0182. The maximum absolute atomic E-state index is 12.9. The Balaban J connectivity index is 1.63. The number of hydrogen-bond donors (Lipinski definition) is 0. The van der Waals surface area contributed by atoms with Gasteiger partial charge in [0, 0.05) is 18.7 Å². The molecule has 0 bridgehead atoms. The fraction of sp³-hybridized carbons (Fsp3) is 0.476. The van der Waals surface area contributed by atoms with E-state index in [9.17, 15) is 22.8 Å². The van der Waals surface area contributed by atoms with Gasteiger partial charge in [0.2, 0.25) is 0 Å². The lowest BCUT2D eigenvalue weighted by Gasteiger charge is -2.34. The number of alkyl halides is 3. The molecule has 0 aliphatic carbocycles. The Kier molecular flexibility index (Phi) is 7.19. The van der Waals surface area contributed by atoms with E-state index in [4.69, 9.17) is 14.0 Å². The van der Waals surface area contributed by atoms with Gasteiger partial charge in [-0.1, -0.05) is 11.2 Å². The number of piperidine rings is 1. The number of hydrogen-bond acceptors (Lipinski definition) is 6. The molecule has 3 rings (SSSR count). The van der Waals surface area contributed by atoms with E-state index in [0.717, 1.165) is 25.0 Å². The molecule has 2 heterocycles. The Bertz CT molecular complexity index is 912. The smallest absolute Gasteiger partial charge is 0.416 e. The highest BCUT2D eigenvalue weighted by Crippen LogP contribution is 2.31. The molecule has 0 spiro atoms. The Morgan fingerprint density at radius 1 is 1.26 bits per heavy atom. The third-order valence-electron chi connectivity index (χ3n) is 4.92. The molecule has 31 heavy (non-hydrogen) atoms. The van der Waals surface area contributed by atoms with Crippen LogP contribution in [0.25, 0.3) is 0 Å². The van der Waals surface area contributed by atoms with Crippen LogP contribution in [-0.2, 0) is 22.3 Å². The summed E-state index contributed by atoms with van der Waals surface area (Å²) in [7, 11) is 0. The first-order valence-electron chi connectivity index (χ1n) is 10.00. The SMILES string of the molecule is CCOC(=O)C[C@H]1CCCCN1C(=O)c1cc(COc2cccc(C(F)(F)F)c2)on1. The molecular weight excluding hydrogens is 417 g/mol. The van der Waals surface area contributed by atoms with Crippen molar-refractivity contribution in [2.24, 2.45) is 0 Å². The Labute approximate surface area is 177 Å². The number of nitrogens with zero attached hydrogens (tertiary/aromatic N) is 2. The molecule has 1 aromatic heterocycles. The number of amides is 1. The number of carbonyl (C=O) groups is 2. The molecule has 1 atom stereocenters. The van der Waals surface area contributed by atoms with Crippen LogP contribution in [0.15, 0.2) is 34.9 Å². The van der Waals surface area contributed by atoms with Crippen LogP contribution in [0.4, 0.5) is 13.2 Å². The standard InChI is InChI=1S/C21H23F3N2O5/c1-2-29-19(27)11-15-7-3-4-9-26(15)20(28)18-12-17(31-25-18)13-30-16-8-5-6-14(10-16)21(22,23)24/h5-6,8,10,12,15H,2-4,7,9,11,13H2,1H3/t15-/m1/s1. The number of esters is 1. The Morgan fingerprint density at radius 2 is 2.06 bits per heavy atom. The topological polar surface area (TPSA) is 81.9 Å². The Morgan fingerprint density at radius 3 is 2.81 bits per heavy atom. The summed E-state index contributed by atoms with van der Waals surface area (Å²) in [5.41, 5.74) is -0.769. The lowest BCUT2D eigenvalue weighted by molar-refractivity contribution is -0.144. The number of carbonyl (C=O) groups excluding carboxylic acids is 2. The highest BCUT2D eigenvalue weighted by atomic mass is 19.4. The average molecular weight is 440 g/mol. The molecule has 2 aromatic rings. The van der Waals surface area contributed by atoms with Gasteiger partial charge in [-0.25, -0.2) is 0 Å². The van der Waals surface area contributed by atoms with Crippen LogP contribution in [-0.4, -0.2) is 41.1 Å². The zero-order valence-electron chi connectivity index (χ0n) is 17.0. The van der Waals surface area contributed by atoms with Gasteiger partial charge >= 0.3 is 12.1 Å². The largest absolute Gasteiger partial charge is 0.486 e. The van der Waals surface area contributed by atoms with E-state index in [2.05, 4.69) is 5.16 Å². The molecule has 1 saturated heterocycles. The summed E-state index contributed by atoms with van der Waals surface area (Å²) in [6, 6.07) is 5.59. The van der Waals surface area contributed by atoms with E-state index in [-0.39, 0.29) is 54.8 Å². The maximum atomic E-state index is 12.9. The second-order valence-corrected chi connectivity index (χ2v) is 7.15. The summed E-state index contributed by atoms with van der Waals surface area (Å²) in [5.74, 6) is -0.519. The van der Waals surface area contributed by atoms with Crippen molar-refractivity contribution in [1.29, 1.82) is 0 Å². The first kappa shape index (κ1) is 22.6. The van der Waals surface area contributed by atoms with E-state index < -0.39 is 11.7 Å². The molecular formula is C21H23F3N2O5. The van der Waals surface area contributed by atoms with Crippen LogP contribution in [0.2, 0.25) is 0 Å². The maximum Gasteiger partial charge on any atom is 0.416 e. The second kappa shape index (κ2) is 9.84. The fourth-order valence-electron chi connectivity index (χ4n) is 3.44. The Hall–Kier alpha value is -3.04. The third-order valence-corrected chi connectivity index (χ3v) is 4.92. The number of rotatable bonds is 7. The molecule has 1 aliphatic heterocycles. The van der Waals surface area contributed by atoms with Crippen LogP contribution < -0.4 is 4.74 Å². The predicted molar refractivity (Wildman–Crippen MR) is 102 cm³/mol. The average Bonchev–Trinajstić information content (AvgIpc) is 3.21. The second-order valence-electron chi connectivity index (χ2n) is 7.15. The van der Waals surface area contributed by atoms with Crippen LogP contribution in [0.3, 0.4) is 0 Å². The lowest BCUT2D eigenvalue weighted by Crippen LogP contribution is -2.45. The van der Waals surface area contributed by atoms with Gasteiger partial charge in [0.25, 0.3) is 5.91 Å². The van der Waals surface area contributed by atoms with E-state index in [0.29, 0.717) is 13.0 Å². The van der Waals surface area contributed by atoms with Crippen molar-refractivity contribution in [3.8, 4) is 5.75 Å². The summed E-state index contributed by atoms with van der Waals surface area (Å²) in [6.45, 7) is 2.30. The molecule has 0 radical (unpaired) electrons. The van der Waals surface area contributed by atoms with Crippen LogP contribution in [0.5, 0.6) is 5.75 Å². The number of aromatic nitrogens is 1. The quantitative estimate of drug-likeness (QED) is 0.600. The molecule has 0 N–H and O–H groups in total. The van der Waals surface area contributed by atoms with Crippen molar-refractivity contribution < 1.29 is 36.8 Å². The van der Waals surface area contributed by atoms with Gasteiger partial charge in [-0.15, -0.1) is 0 Å². The zero-order valence-corrected chi connectivity index (χ0v) is 17.0. The van der Waals surface area contributed by atoms with Gasteiger partial charge in [-0.05, 0) is 44.4 Å². The van der Waals surface area contributed by atoms with Gasteiger partial charge < -0.3 is 18.9 Å². The highest BCUT2D eigenvalue weighted by molar-refractivity contribution is 5.92. The van der Waals surface area contributed by atoms with Crippen molar-refractivity contribution in [2.45, 2.75) is 51.4 Å². The van der Waals surface area contributed by atoms with Crippen LogP contribution in [0.1, 0.15) is 54.4 Å². The summed E-state index contributed by atoms with van der Waals surface area (Å²) < 4.78 is 53.8. The zero-order chi connectivity index (χ0) is 22.4. The van der Waals surface area contributed by atoms with Gasteiger partial charge in [-0.3, -0.25) is 9.59 Å². The van der Waals surface area contributed by atoms with E-state index in [1.54, 1.807) is 11.8 Å². The van der Waals surface area contributed by atoms with Gasteiger partial charge in [0.05, 0.1) is 18.6 Å². The fourth-order valence-corrected chi connectivity index (χ4v) is 3.44. The monoisotopic (exact) mass is 440 g/mol. The first-order chi connectivity index (χ1) is 14.8. The highest BCUT2D eigenvalue weighted by Gasteiger charge is 2.32. The number of ether oxygens (including phenoxy) is 2. The molecule has 7 nitrogen and oxygen atoms in total. The number of halogens is 3. The molecule has 0 saturated carbocycles. The van der Waals surface area contributed by atoms with E-state index in [1.165, 1.54) is 18.2 Å². The molecule has 1 fully saturated rings. The number of benzene rings is 1. The molecule has 0 unspecified atom stereocenters. The van der Waals surface area contributed by atoms with E-state index in [1.807, 2.05) is 0 Å². The van der Waals surface area contributed by atoms with Crippen molar-refractivity contribution in [3.63, 3.8) is 0 Å². The summed E-state index contributed by atoms with van der Waals surface area (Å²) in [5, 5.41) is 3.77. The van der Waals surface area contributed by atoms with Gasteiger partial charge in [0.15, 0.2) is 11.5 Å². The minimum atomic E-state index is -4.47. The molecule has 1 aromatic carbocycles. The van der Waals surface area contributed by atoms with Crippen molar-refractivity contribution in [2.75, 3.05) is 13.2 Å². The van der Waals surface area contributed by atoms with Crippen molar-refractivity contribution in [1.82, 2.24) is 10.1 Å². The molecule has 168 valence electrons. The lowest BCUT2D eigenvalue weighted by atomic mass is 9.99. The minimum Gasteiger partial charge on any atom is -0.486 e. The first-order valence-corrected chi connectivity index (χ1v) is 10.00. The van der Waals surface area contributed by atoms with Crippen molar-refractivity contribution in [3.05, 3.63) is 47.3 Å². The molecule has 1 aliphatic rings. The van der Waals surface area contributed by atoms with E-state index >= 15 is 0 Å². The van der Waals surface area contributed by atoms with Gasteiger partial charge in [0.1, 0.15) is 12.4 Å². The predicted octanol–water partition coefficient (Wildman–Crippen LogP) is 4.22. The van der Waals surface area contributed by atoms with Crippen LogP contribution in [0, 0.1) is 0 Å². The summed E-state index contributed by atoms with van der Waals surface area (Å²) in [6.07, 6.45) is -1.95. The summed E-state index contributed by atoms with van der Waals surface area (Å²) >= 11 is 0. The normalized spacial score (nSPS) is 16.8. The molecule has 1 amide bonds. The van der Waals surface area contributed by atoms with Crippen molar-refractivity contribution >= 4 is 11.9 Å². The number of likely N-dealkylation sites (tertiary alicyclic amines) is 1. The van der Waals surface area contributed by atoms with Gasteiger partial charge in [-0.2, -0.15) is 13.2 Å². The summed E-state index contributed by atoms with van der Waals surface area (Å²) in [4.78, 5) is 26.3.